The molecule has 0 spiro atoms. The highest BCUT2D eigenvalue weighted by Crippen LogP contribution is 2.39. The summed E-state index contributed by atoms with van der Waals surface area (Å²) in [4.78, 5) is 4.82. The SMILES string of the molecule is CCN(CC)c1ccc(C(C2=CCC(N)C=C2)c2ccc(N(CC)CC)cc2C)c(C)c1. The molecule has 0 saturated heterocycles. The second kappa shape index (κ2) is 10.9. The molecule has 1 unspecified atom stereocenters. The molecule has 0 aliphatic heterocycles. The van der Waals surface area contributed by atoms with Gasteiger partial charge in [-0.25, -0.2) is 0 Å². The molecular formula is C29H41N3. The van der Waals surface area contributed by atoms with Gasteiger partial charge >= 0.3 is 0 Å². The van der Waals surface area contributed by atoms with Gasteiger partial charge in [0.25, 0.3) is 0 Å². The van der Waals surface area contributed by atoms with Crippen LogP contribution in [-0.2, 0) is 0 Å². The van der Waals surface area contributed by atoms with Crippen LogP contribution >= 0.6 is 0 Å². The van der Waals surface area contributed by atoms with Crippen molar-refractivity contribution in [2.75, 3.05) is 36.0 Å². The molecule has 3 rings (SSSR count). The van der Waals surface area contributed by atoms with E-state index in [4.69, 9.17) is 5.73 Å². The van der Waals surface area contributed by atoms with Crippen LogP contribution in [0.3, 0.4) is 0 Å². The summed E-state index contributed by atoms with van der Waals surface area (Å²) in [5, 5.41) is 0. The number of aryl methyl sites for hydroxylation is 2. The van der Waals surface area contributed by atoms with Crippen LogP contribution in [0.4, 0.5) is 11.4 Å². The van der Waals surface area contributed by atoms with E-state index in [1.54, 1.807) is 0 Å². The van der Waals surface area contributed by atoms with Crippen LogP contribution < -0.4 is 15.5 Å². The zero-order valence-electron chi connectivity index (χ0n) is 20.9. The lowest BCUT2D eigenvalue weighted by molar-refractivity contribution is 0.799. The summed E-state index contributed by atoms with van der Waals surface area (Å²) in [6.07, 6.45) is 7.64. The molecule has 3 heteroatoms. The highest BCUT2D eigenvalue weighted by atomic mass is 15.1. The monoisotopic (exact) mass is 431 g/mol. The summed E-state index contributed by atoms with van der Waals surface area (Å²) < 4.78 is 0. The predicted octanol–water partition coefficient (Wildman–Crippen LogP) is 6.34. The second-order valence-corrected chi connectivity index (χ2v) is 8.82. The van der Waals surface area contributed by atoms with Crippen LogP contribution in [0.2, 0.25) is 0 Å². The van der Waals surface area contributed by atoms with E-state index in [0.29, 0.717) is 0 Å². The number of benzene rings is 2. The highest BCUT2D eigenvalue weighted by Gasteiger charge is 2.23. The molecule has 0 saturated carbocycles. The molecular weight excluding hydrogens is 390 g/mol. The maximum absolute atomic E-state index is 6.16. The van der Waals surface area contributed by atoms with Crippen molar-refractivity contribution >= 4 is 11.4 Å². The van der Waals surface area contributed by atoms with Gasteiger partial charge in [-0.3, -0.25) is 0 Å². The minimum absolute atomic E-state index is 0.122. The van der Waals surface area contributed by atoms with Crippen molar-refractivity contribution in [2.24, 2.45) is 5.73 Å². The Morgan fingerprint density at radius 2 is 1.28 bits per heavy atom. The van der Waals surface area contributed by atoms with Gasteiger partial charge < -0.3 is 15.5 Å². The Hall–Kier alpha value is -2.52. The zero-order valence-corrected chi connectivity index (χ0v) is 20.9. The Kier molecular flexibility index (Phi) is 8.20. The molecule has 1 aliphatic carbocycles. The maximum Gasteiger partial charge on any atom is 0.0368 e. The number of hydrogen-bond acceptors (Lipinski definition) is 3. The molecule has 1 aliphatic rings. The smallest absolute Gasteiger partial charge is 0.0368 e. The standard InChI is InChI=1S/C29H41N3/c1-7-31(8-2)25-15-17-27(21(5)19-25)29(23-11-13-24(30)14-12-23)28-18-16-26(20-22(28)6)32(9-3)10-4/h11-13,15-20,24,29H,7-10,14,30H2,1-6H3. The van der Waals surface area contributed by atoms with Gasteiger partial charge in [-0.2, -0.15) is 0 Å². The molecule has 172 valence electrons. The molecule has 2 N–H and O–H groups in total. The number of hydrogen-bond donors (Lipinski definition) is 1. The van der Waals surface area contributed by atoms with Gasteiger partial charge in [0.1, 0.15) is 0 Å². The van der Waals surface area contributed by atoms with Crippen molar-refractivity contribution in [2.45, 2.75) is 59.9 Å². The highest BCUT2D eigenvalue weighted by molar-refractivity contribution is 5.59. The summed E-state index contributed by atoms with van der Waals surface area (Å²) in [5.41, 5.74) is 15.6. The Bertz CT molecular complexity index is 903. The minimum Gasteiger partial charge on any atom is -0.372 e. The Balaban J connectivity index is 2.10. The normalized spacial score (nSPS) is 15.8. The lowest BCUT2D eigenvalue weighted by Gasteiger charge is -2.29. The number of allylic oxidation sites excluding steroid dienone is 2. The van der Waals surface area contributed by atoms with Crippen molar-refractivity contribution in [3.63, 3.8) is 0 Å². The molecule has 0 radical (unpaired) electrons. The largest absolute Gasteiger partial charge is 0.372 e. The zero-order chi connectivity index (χ0) is 23.3. The van der Waals surface area contributed by atoms with Crippen LogP contribution in [0.25, 0.3) is 0 Å². The summed E-state index contributed by atoms with van der Waals surface area (Å²) in [5.74, 6) is 0.218. The molecule has 2 aromatic carbocycles. The Labute approximate surface area is 195 Å². The van der Waals surface area contributed by atoms with Gasteiger partial charge in [0.2, 0.25) is 0 Å². The van der Waals surface area contributed by atoms with Crippen LogP contribution in [0, 0.1) is 13.8 Å². The van der Waals surface area contributed by atoms with Crippen LogP contribution in [-0.4, -0.2) is 32.2 Å². The first kappa shape index (κ1) is 24.1. The fourth-order valence-corrected chi connectivity index (χ4v) is 4.93. The molecule has 0 heterocycles. The van der Waals surface area contributed by atoms with Gasteiger partial charge in [-0.05, 0) is 100 Å². The van der Waals surface area contributed by atoms with Crippen molar-refractivity contribution < 1.29 is 0 Å². The van der Waals surface area contributed by atoms with E-state index in [-0.39, 0.29) is 12.0 Å². The van der Waals surface area contributed by atoms with Gasteiger partial charge in [0.15, 0.2) is 0 Å². The second-order valence-electron chi connectivity index (χ2n) is 8.82. The van der Waals surface area contributed by atoms with Crippen LogP contribution in [0.15, 0.2) is 60.2 Å². The van der Waals surface area contributed by atoms with Crippen LogP contribution in [0.5, 0.6) is 0 Å². The third kappa shape index (κ3) is 5.10. The van der Waals surface area contributed by atoms with Crippen LogP contribution in [0.1, 0.15) is 62.3 Å². The predicted molar refractivity (Wildman–Crippen MR) is 141 cm³/mol. The van der Waals surface area contributed by atoms with Gasteiger partial charge in [-0.15, -0.1) is 0 Å². The molecule has 0 bridgehead atoms. The fourth-order valence-electron chi connectivity index (χ4n) is 4.93. The van der Waals surface area contributed by atoms with E-state index < -0.39 is 0 Å². The first-order valence-corrected chi connectivity index (χ1v) is 12.3. The summed E-state index contributed by atoms with van der Waals surface area (Å²) in [6, 6.07) is 14.1. The first-order valence-electron chi connectivity index (χ1n) is 12.3. The van der Waals surface area contributed by atoms with Crippen molar-refractivity contribution in [3.05, 3.63) is 82.5 Å². The number of rotatable bonds is 9. The molecule has 32 heavy (non-hydrogen) atoms. The molecule has 1 atom stereocenters. The van der Waals surface area contributed by atoms with Gasteiger partial charge in [0.05, 0.1) is 0 Å². The van der Waals surface area contributed by atoms with Crippen molar-refractivity contribution in [1.29, 1.82) is 0 Å². The van der Waals surface area contributed by atoms with Gasteiger partial charge in [0, 0.05) is 49.5 Å². The first-order chi connectivity index (χ1) is 15.4. The Morgan fingerprint density at radius 3 is 1.62 bits per heavy atom. The third-order valence-electron chi connectivity index (χ3n) is 6.88. The van der Waals surface area contributed by atoms with E-state index in [9.17, 15) is 0 Å². The summed E-state index contributed by atoms with van der Waals surface area (Å²) >= 11 is 0. The number of nitrogens with zero attached hydrogens (tertiary/aromatic N) is 2. The van der Waals surface area contributed by atoms with E-state index in [1.807, 2.05) is 0 Å². The van der Waals surface area contributed by atoms with E-state index in [2.05, 4.69) is 106 Å². The molecule has 3 nitrogen and oxygen atoms in total. The quantitative estimate of drug-likeness (QED) is 0.503. The van der Waals surface area contributed by atoms with E-state index in [0.717, 1.165) is 32.6 Å². The molecule has 2 aromatic rings. The number of anilines is 2. The van der Waals surface area contributed by atoms with E-state index >= 15 is 0 Å². The average Bonchev–Trinajstić information content (AvgIpc) is 2.79. The lowest BCUT2D eigenvalue weighted by atomic mass is 9.79. The van der Waals surface area contributed by atoms with Crippen molar-refractivity contribution in [3.8, 4) is 0 Å². The molecule has 0 aromatic heterocycles. The third-order valence-corrected chi connectivity index (χ3v) is 6.88. The van der Waals surface area contributed by atoms with Gasteiger partial charge in [-0.1, -0.05) is 30.4 Å². The average molecular weight is 432 g/mol. The molecule has 0 amide bonds. The van der Waals surface area contributed by atoms with Crippen molar-refractivity contribution in [1.82, 2.24) is 0 Å². The minimum atomic E-state index is 0.122. The summed E-state index contributed by atoms with van der Waals surface area (Å²) in [6.45, 7) is 17.5. The summed E-state index contributed by atoms with van der Waals surface area (Å²) in [7, 11) is 0. The molecule has 0 fully saturated rings. The van der Waals surface area contributed by atoms with E-state index in [1.165, 1.54) is 39.2 Å². The fraction of sp³-hybridized carbons (Fsp3) is 0.448. The lowest BCUT2D eigenvalue weighted by Crippen LogP contribution is -2.23. The maximum atomic E-state index is 6.16. The Morgan fingerprint density at radius 1 is 0.812 bits per heavy atom. The topological polar surface area (TPSA) is 32.5 Å². The number of nitrogens with two attached hydrogens (primary N) is 1.